The van der Waals surface area contributed by atoms with Crippen LogP contribution in [0, 0.1) is 0 Å². The third-order valence-electron chi connectivity index (χ3n) is 4.80. The summed E-state index contributed by atoms with van der Waals surface area (Å²) in [4.78, 5) is 31.0. The van der Waals surface area contributed by atoms with Crippen molar-refractivity contribution < 1.29 is 19.1 Å². The van der Waals surface area contributed by atoms with Crippen molar-refractivity contribution in [2.45, 2.75) is 17.8 Å². The van der Waals surface area contributed by atoms with Crippen molar-refractivity contribution in [2.75, 3.05) is 31.6 Å². The summed E-state index contributed by atoms with van der Waals surface area (Å²) in [5.74, 6) is 1.48. The summed E-state index contributed by atoms with van der Waals surface area (Å²) in [6, 6.07) is 12.6. The van der Waals surface area contributed by atoms with Crippen LogP contribution < -0.4 is 14.8 Å². The lowest BCUT2D eigenvalue weighted by molar-refractivity contribution is -0.116. The second kappa shape index (κ2) is 10.2. The minimum atomic E-state index is -0.281. The molecule has 1 aliphatic heterocycles. The summed E-state index contributed by atoms with van der Waals surface area (Å²) >= 11 is 1.53. The average Bonchev–Trinajstić information content (AvgIpc) is 3.35. The van der Waals surface area contributed by atoms with E-state index in [1.54, 1.807) is 30.3 Å². The molecule has 1 aliphatic rings. The van der Waals surface area contributed by atoms with E-state index in [-0.39, 0.29) is 18.4 Å². The molecule has 0 spiro atoms. The molecule has 4 rings (SSSR count). The van der Waals surface area contributed by atoms with Crippen molar-refractivity contribution in [3.63, 3.8) is 0 Å². The first kappa shape index (κ1) is 21.7. The van der Waals surface area contributed by atoms with Gasteiger partial charge in [-0.25, -0.2) is 4.98 Å². The van der Waals surface area contributed by atoms with Gasteiger partial charge in [0.05, 0.1) is 0 Å². The summed E-state index contributed by atoms with van der Waals surface area (Å²) in [7, 11) is 0. The van der Waals surface area contributed by atoms with Gasteiger partial charge >= 0.3 is 0 Å². The molecular formula is C22H23N5O4S. The molecule has 2 heterocycles. The molecule has 0 atom stereocenters. The third kappa shape index (κ3) is 5.38. The number of carbonyl (C=O) groups excluding carboxylic acids is 2. The largest absolute Gasteiger partial charge is 0.486 e. The Kier molecular flexibility index (Phi) is 6.90. The first-order valence-corrected chi connectivity index (χ1v) is 11.2. The van der Waals surface area contributed by atoms with Gasteiger partial charge in [-0.2, -0.15) is 5.10 Å². The highest BCUT2D eigenvalue weighted by Crippen LogP contribution is 2.32. The van der Waals surface area contributed by atoms with Crippen LogP contribution in [0.4, 0.5) is 5.69 Å². The van der Waals surface area contributed by atoms with Crippen LogP contribution in [0.5, 0.6) is 11.5 Å². The molecule has 1 aromatic heterocycles. The smallest absolute Gasteiger partial charge is 0.254 e. The van der Waals surface area contributed by atoms with Crippen LogP contribution in [0.1, 0.15) is 22.8 Å². The molecule has 9 nitrogen and oxygen atoms in total. The lowest BCUT2D eigenvalue weighted by Gasteiger charge is -2.21. The van der Waals surface area contributed by atoms with Crippen molar-refractivity contribution in [3.05, 3.63) is 59.9 Å². The summed E-state index contributed by atoms with van der Waals surface area (Å²) in [6.45, 7) is 3.19. The van der Waals surface area contributed by atoms with Crippen LogP contribution in [0.2, 0.25) is 0 Å². The molecular weight excluding hydrogens is 430 g/mol. The SMILES string of the molecule is CCN(CC(=O)Nc1ccc2c(c1)OCCO2)C(=O)c1ccc(CSc2ncn[nH]2)cc1. The van der Waals surface area contributed by atoms with E-state index in [4.69, 9.17) is 9.47 Å². The summed E-state index contributed by atoms with van der Waals surface area (Å²) in [6.07, 6.45) is 1.47. The zero-order valence-corrected chi connectivity index (χ0v) is 18.4. The molecule has 0 aliphatic carbocycles. The van der Waals surface area contributed by atoms with Crippen molar-refractivity contribution >= 4 is 29.3 Å². The second-order valence-corrected chi connectivity index (χ2v) is 7.97. The first-order valence-electron chi connectivity index (χ1n) is 10.2. The van der Waals surface area contributed by atoms with Gasteiger partial charge in [0.15, 0.2) is 16.7 Å². The summed E-state index contributed by atoms with van der Waals surface area (Å²) in [5.41, 5.74) is 2.19. The number of nitrogens with one attached hydrogen (secondary N) is 2. The van der Waals surface area contributed by atoms with Gasteiger partial charge in [0.1, 0.15) is 26.1 Å². The molecule has 0 fully saturated rings. The number of hydrogen-bond acceptors (Lipinski definition) is 7. The Hall–Kier alpha value is -3.53. The van der Waals surface area contributed by atoms with Gasteiger partial charge in [-0.3, -0.25) is 14.7 Å². The van der Waals surface area contributed by atoms with E-state index in [1.807, 2.05) is 19.1 Å². The number of aromatic nitrogens is 3. The molecule has 2 N–H and O–H groups in total. The Bertz CT molecular complexity index is 1070. The Morgan fingerprint density at radius 3 is 2.62 bits per heavy atom. The Morgan fingerprint density at radius 2 is 1.91 bits per heavy atom. The Balaban J connectivity index is 1.33. The van der Waals surface area contributed by atoms with E-state index >= 15 is 0 Å². The molecule has 0 saturated carbocycles. The fourth-order valence-electron chi connectivity index (χ4n) is 3.16. The number of rotatable bonds is 8. The van der Waals surface area contributed by atoms with E-state index in [1.165, 1.54) is 23.0 Å². The predicted molar refractivity (Wildman–Crippen MR) is 120 cm³/mol. The van der Waals surface area contributed by atoms with E-state index in [0.29, 0.717) is 48.3 Å². The van der Waals surface area contributed by atoms with Crippen molar-refractivity contribution in [1.29, 1.82) is 0 Å². The van der Waals surface area contributed by atoms with Gasteiger partial charge < -0.3 is 19.7 Å². The maximum absolute atomic E-state index is 12.9. The zero-order valence-electron chi connectivity index (χ0n) is 17.5. The fourth-order valence-corrected chi connectivity index (χ4v) is 3.90. The standard InChI is InChI=1S/C22H23N5O4S/c1-2-27(12-20(28)25-17-7-8-18-19(11-17)31-10-9-30-18)21(29)16-5-3-15(4-6-16)13-32-22-23-14-24-26-22/h3-8,11,14H,2,9-10,12-13H2,1H3,(H,25,28)(H,23,24,26). The van der Waals surface area contributed by atoms with Gasteiger partial charge in [0.2, 0.25) is 5.91 Å². The van der Waals surface area contributed by atoms with Crippen LogP contribution in [0.3, 0.4) is 0 Å². The minimum Gasteiger partial charge on any atom is -0.486 e. The number of amides is 2. The highest BCUT2D eigenvalue weighted by Gasteiger charge is 2.18. The minimum absolute atomic E-state index is 0.0487. The van der Waals surface area contributed by atoms with E-state index in [9.17, 15) is 9.59 Å². The highest BCUT2D eigenvalue weighted by molar-refractivity contribution is 7.98. The molecule has 2 aromatic carbocycles. The Labute approximate surface area is 189 Å². The second-order valence-electron chi connectivity index (χ2n) is 7.00. The topological polar surface area (TPSA) is 109 Å². The average molecular weight is 454 g/mol. The number of nitrogens with zero attached hydrogens (tertiary/aromatic N) is 3. The zero-order chi connectivity index (χ0) is 22.3. The third-order valence-corrected chi connectivity index (χ3v) is 5.75. The molecule has 166 valence electrons. The van der Waals surface area contributed by atoms with Gasteiger partial charge in [-0.1, -0.05) is 23.9 Å². The molecule has 0 bridgehead atoms. The van der Waals surface area contributed by atoms with Crippen molar-refractivity contribution in [1.82, 2.24) is 20.1 Å². The quantitative estimate of drug-likeness (QED) is 0.505. The number of hydrogen-bond donors (Lipinski definition) is 2. The van der Waals surface area contributed by atoms with E-state index < -0.39 is 0 Å². The first-order chi connectivity index (χ1) is 15.6. The van der Waals surface area contributed by atoms with Crippen LogP contribution in [-0.4, -0.2) is 58.2 Å². The molecule has 0 saturated heterocycles. The molecule has 2 amide bonds. The Morgan fingerprint density at radius 1 is 1.12 bits per heavy atom. The number of thioether (sulfide) groups is 1. The van der Waals surface area contributed by atoms with Gasteiger partial charge in [-0.15, -0.1) is 0 Å². The molecule has 10 heteroatoms. The predicted octanol–water partition coefficient (Wildman–Crippen LogP) is 2.97. The van der Waals surface area contributed by atoms with Crippen molar-refractivity contribution in [2.24, 2.45) is 0 Å². The van der Waals surface area contributed by atoms with Gasteiger partial charge in [0.25, 0.3) is 5.91 Å². The number of carbonyl (C=O) groups is 2. The van der Waals surface area contributed by atoms with Gasteiger partial charge in [0, 0.05) is 29.6 Å². The molecule has 0 unspecified atom stereocenters. The van der Waals surface area contributed by atoms with Gasteiger partial charge in [-0.05, 0) is 36.8 Å². The summed E-state index contributed by atoms with van der Waals surface area (Å²) in [5, 5.41) is 10.2. The number of ether oxygens (including phenoxy) is 2. The lowest BCUT2D eigenvalue weighted by Crippen LogP contribution is -2.37. The number of anilines is 1. The molecule has 32 heavy (non-hydrogen) atoms. The number of H-pyrrole nitrogens is 1. The summed E-state index contributed by atoms with van der Waals surface area (Å²) < 4.78 is 11.0. The number of aromatic amines is 1. The molecule has 3 aromatic rings. The normalized spacial score (nSPS) is 12.3. The number of fused-ring (bicyclic) bond motifs is 1. The highest BCUT2D eigenvalue weighted by atomic mass is 32.2. The van der Waals surface area contributed by atoms with E-state index in [0.717, 1.165) is 10.7 Å². The molecule has 0 radical (unpaired) electrons. The monoisotopic (exact) mass is 453 g/mol. The number of likely N-dealkylation sites (N-methyl/N-ethyl adjacent to an activating group) is 1. The van der Waals surface area contributed by atoms with Crippen LogP contribution in [-0.2, 0) is 10.5 Å². The van der Waals surface area contributed by atoms with Crippen LogP contribution in [0.25, 0.3) is 0 Å². The maximum Gasteiger partial charge on any atom is 0.254 e. The van der Waals surface area contributed by atoms with E-state index in [2.05, 4.69) is 20.5 Å². The van der Waals surface area contributed by atoms with Crippen LogP contribution >= 0.6 is 11.8 Å². The fraction of sp³-hybridized carbons (Fsp3) is 0.273. The van der Waals surface area contributed by atoms with Crippen LogP contribution in [0.15, 0.2) is 53.9 Å². The lowest BCUT2D eigenvalue weighted by atomic mass is 10.1. The number of benzene rings is 2. The van der Waals surface area contributed by atoms with Crippen molar-refractivity contribution in [3.8, 4) is 11.5 Å². The maximum atomic E-state index is 12.9.